The van der Waals surface area contributed by atoms with Crippen molar-refractivity contribution in [2.24, 2.45) is 5.92 Å². The summed E-state index contributed by atoms with van der Waals surface area (Å²) in [6, 6.07) is 7.67. The van der Waals surface area contributed by atoms with Gasteiger partial charge in [-0.15, -0.1) is 0 Å². The van der Waals surface area contributed by atoms with E-state index in [0.29, 0.717) is 30.9 Å². The molecule has 1 aliphatic carbocycles. The van der Waals surface area contributed by atoms with Crippen LogP contribution in [0.1, 0.15) is 51.5 Å². The zero-order valence-electron chi connectivity index (χ0n) is 13.9. The van der Waals surface area contributed by atoms with Gasteiger partial charge in [-0.3, -0.25) is 9.59 Å². The van der Waals surface area contributed by atoms with Crippen LogP contribution in [-0.2, 0) is 9.59 Å². The minimum Gasteiger partial charge on any atom is -0.481 e. The molecule has 3 atom stereocenters. The summed E-state index contributed by atoms with van der Waals surface area (Å²) in [5.74, 6) is -0.255. The number of nitrogens with one attached hydrogen (secondary N) is 1. The molecule has 1 aromatic rings. The number of carbonyl (C=O) groups excluding carboxylic acids is 1. The van der Waals surface area contributed by atoms with Crippen LogP contribution in [0.4, 0.5) is 0 Å². The van der Waals surface area contributed by atoms with Crippen LogP contribution in [0.3, 0.4) is 0 Å². The van der Waals surface area contributed by atoms with Gasteiger partial charge in [0.1, 0.15) is 5.75 Å². The average Bonchev–Trinajstić information content (AvgIpc) is 2.96. The number of carboxylic acids is 1. The number of hydrogen-bond acceptors (Lipinski definition) is 3. The summed E-state index contributed by atoms with van der Waals surface area (Å²) in [4.78, 5) is 23.2. The fourth-order valence-corrected chi connectivity index (χ4v) is 2.86. The van der Waals surface area contributed by atoms with E-state index in [1.807, 2.05) is 24.3 Å². The van der Waals surface area contributed by atoms with Crippen molar-refractivity contribution in [3.05, 3.63) is 29.8 Å². The van der Waals surface area contributed by atoms with E-state index in [0.717, 1.165) is 5.56 Å². The maximum atomic E-state index is 12.2. The van der Waals surface area contributed by atoms with Crippen molar-refractivity contribution in [3.8, 4) is 5.75 Å². The van der Waals surface area contributed by atoms with Gasteiger partial charge in [-0.05, 0) is 49.8 Å². The molecule has 23 heavy (non-hydrogen) atoms. The van der Waals surface area contributed by atoms with Crippen LogP contribution in [0.15, 0.2) is 24.3 Å². The van der Waals surface area contributed by atoms with Crippen LogP contribution in [-0.4, -0.2) is 29.1 Å². The van der Waals surface area contributed by atoms with E-state index >= 15 is 0 Å². The summed E-state index contributed by atoms with van der Waals surface area (Å²) >= 11 is 0. The fraction of sp³-hybridized carbons (Fsp3) is 0.556. The van der Waals surface area contributed by atoms with Gasteiger partial charge < -0.3 is 15.2 Å². The zero-order valence-corrected chi connectivity index (χ0v) is 13.9. The Bertz CT molecular complexity index is 570. The van der Waals surface area contributed by atoms with E-state index < -0.39 is 12.1 Å². The predicted molar refractivity (Wildman–Crippen MR) is 87.5 cm³/mol. The van der Waals surface area contributed by atoms with E-state index in [2.05, 4.69) is 19.2 Å². The molecule has 1 saturated carbocycles. The van der Waals surface area contributed by atoms with E-state index in [1.54, 1.807) is 6.92 Å². The van der Waals surface area contributed by atoms with Crippen LogP contribution in [0.5, 0.6) is 5.75 Å². The monoisotopic (exact) mass is 319 g/mol. The van der Waals surface area contributed by atoms with Gasteiger partial charge in [0, 0.05) is 6.04 Å². The van der Waals surface area contributed by atoms with Gasteiger partial charge in [0.05, 0.1) is 5.92 Å². The average molecular weight is 319 g/mol. The highest BCUT2D eigenvalue weighted by atomic mass is 16.5. The number of rotatable bonds is 6. The van der Waals surface area contributed by atoms with Crippen LogP contribution < -0.4 is 10.1 Å². The largest absolute Gasteiger partial charge is 0.481 e. The summed E-state index contributed by atoms with van der Waals surface area (Å²) < 4.78 is 5.72. The number of hydrogen-bond donors (Lipinski definition) is 2. The molecule has 0 heterocycles. The maximum Gasteiger partial charge on any atom is 0.306 e. The third kappa shape index (κ3) is 4.71. The van der Waals surface area contributed by atoms with Crippen molar-refractivity contribution in [1.82, 2.24) is 5.32 Å². The van der Waals surface area contributed by atoms with Crippen molar-refractivity contribution in [2.75, 3.05) is 0 Å². The highest BCUT2D eigenvalue weighted by Gasteiger charge is 2.31. The van der Waals surface area contributed by atoms with Gasteiger partial charge in [-0.1, -0.05) is 26.0 Å². The van der Waals surface area contributed by atoms with Crippen molar-refractivity contribution in [2.45, 2.75) is 58.1 Å². The Labute approximate surface area is 137 Å². The maximum absolute atomic E-state index is 12.2. The zero-order chi connectivity index (χ0) is 17.0. The number of carboxylic acid groups (broad SMARTS) is 1. The highest BCUT2D eigenvalue weighted by Crippen LogP contribution is 2.26. The van der Waals surface area contributed by atoms with E-state index in [9.17, 15) is 9.59 Å². The Morgan fingerprint density at radius 1 is 1.26 bits per heavy atom. The molecule has 1 unspecified atom stereocenters. The second-order valence-corrected chi connectivity index (χ2v) is 6.54. The van der Waals surface area contributed by atoms with Crippen LogP contribution in [0.25, 0.3) is 0 Å². The van der Waals surface area contributed by atoms with Gasteiger partial charge in [-0.2, -0.15) is 0 Å². The van der Waals surface area contributed by atoms with Gasteiger partial charge in [-0.25, -0.2) is 0 Å². The summed E-state index contributed by atoms with van der Waals surface area (Å²) in [5, 5.41) is 11.9. The molecular weight excluding hydrogens is 294 g/mol. The van der Waals surface area contributed by atoms with Crippen molar-refractivity contribution >= 4 is 11.9 Å². The minimum atomic E-state index is -0.781. The summed E-state index contributed by atoms with van der Waals surface area (Å²) in [6.07, 6.45) is 1.21. The topological polar surface area (TPSA) is 75.6 Å². The van der Waals surface area contributed by atoms with Gasteiger partial charge in [0.25, 0.3) is 5.91 Å². The Morgan fingerprint density at radius 2 is 2.00 bits per heavy atom. The first kappa shape index (κ1) is 17.3. The first-order valence-corrected chi connectivity index (χ1v) is 8.16. The predicted octanol–water partition coefficient (Wildman–Crippen LogP) is 2.95. The molecule has 1 fully saturated rings. The number of ether oxygens (including phenoxy) is 1. The Hall–Kier alpha value is -2.04. The number of benzene rings is 1. The first-order valence-electron chi connectivity index (χ1n) is 8.16. The smallest absolute Gasteiger partial charge is 0.306 e. The standard InChI is InChI=1S/C18H25NO4/c1-11(2)13-5-4-6-16(10-13)23-12(3)17(20)19-15-8-7-14(9-15)18(21)22/h4-6,10-12,14-15H,7-9H2,1-3H3,(H,19,20)(H,21,22)/t12?,14-,15+/m1/s1. The van der Waals surface area contributed by atoms with Crippen LogP contribution >= 0.6 is 0 Å². The number of amides is 1. The van der Waals surface area contributed by atoms with E-state index in [-0.39, 0.29) is 17.9 Å². The minimum absolute atomic E-state index is 0.0725. The molecule has 0 aromatic heterocycles. The SMILES string of the molecule is CC(Oc1cccc(C(C)C)c1)C(=O)N[C@H]1CC[C@@H](C(=O)O)C1. The molecule has 0 aliphatic heterocycles. The second kappa shape index (κ2) is 7.49. The molecular formula is C18H25NO4. The van der Waals surface area contributed by atoms with Crippen molar-refractivity contribution in [1.29, 1.82) is 0 Å². The Kier molecular flexibility index (Phi) is 5.64. The molecule has 1 aliphatic rings. The van der Waals surface area contributed by atoms with Crippen molar-refractivity contribution in [3.63, 3.8) is 0 Å². The molecule has 2 rings (SSSR count). The molecule has 5 heteroatoms. The molecule has 1 amide bonds. The molecule has 0 bridgehead atoms. The lowest BCUT2D eigenvalue weighted by Gasteiger charge is -2.19. The van der Waals surface area contributed by atoms with Crippen molar-refractivity contribution < 1.29 is 19.4 Å². The summed E-state index contributed by atoms with van der Waals surface area (Å²) in [7, 11) is 0. The van der Waals surface area contributed by atoms with E-state index in [1.165, 1.54) is 0 Å². The van der Waals surface area contributed by atoms with Gasteiger partial charge in [0.2, 0.25) is 0 Å². The molecule has 1 aromatic carbocycles. The lowest BCUT2D eigenvalue weighted by molar-refractivity contribution is -0.141. The molecule has 5 nitrogen and oxygen atoms in total. The fourth-order valence-electron chi connectivity index (χ4n) is 2.86. The van der Waals surface area contributed by atoms with Gasteiger partial charge >= 0.3 is 5.97 Å². The van der Waals surface area contributed by atoms with Crippen LogP contribution in [0.2, 0.25) is 0 Å². The third-order valence-electron chi connectivity index (χ3n) is 4.34. The number of carbonyl (C=O) groups is 2. The lowest BCUT2D eigenvalue weighted by Crippen LogP contribution is -2.41. The Morgan fingerprint density at radius 3 is 2.61 bits per heavy atom. The number of aliphatic carboxylic acids is 1. The lowest BCUT2D eigenvalue weighted by atomic mass is 10.0. The van der Waals surface area contributed by atoms with Gasteiger partial charge in [0.15, 0.2) is 6.10 Å². The van der Waals surface area contributed by atoms with E-state index in [4.69, 9.17) is 9.84 Å². The molecule has 2 N–H and O–H groups in total. The molecule has 0 spiro atoms. The molecule has 126 valence electrons. The molecule has 0 radical (unpaired) electrons. The molecule has 0 saturated heterocycles. The third-order valence-corrected chi connectivity index (χ3v) is 4.34. The normalized spacial score (nSPS) is 21.9. The summed E-state index contributed by atoms with van der Waals surface area (Å²) in [5.41, 5.74) is 1.16. The summed E-state index contributed by atoms with van der Waals surface area (Å²) in [6.45, 7) is 5.92. The first-order chi connectivity index (χ1) is 10.9. The quantitative estimate of drug-likeness (QED) is 0.845. The second-order valence-electron chi connectivity index (χ2n) is 6.54. The highest BCUT2D eigenvalue weighted by molar-refractivity contribution is 5.81. The Balaban J connectivity index is 1.88. The van der Waals surface area contributed by atoms with Crippen LogP contribution in [0, 0.1) is 5.92 Å².